The van der Waals surface area contributed by atoms with Gasteiger partial charge in [0.2, 0.25) is 11.8 Å². The summed E-state index contributed by atoms with van der Waals surface area (Å²) in [6.07, 6.45) is 8.51. The minimum Gasteiger partial charge on any atom is -0.494 e. The molecule has 2 saturated heterocycles. The Hall–Kier alpha value is -4.12. The van der Waals surface area contributed by atoms with E-state index in [1.54, 1.807) is 17.8 Å². The number of nitrogens with zero attached hydrogens (tertiary/aromatic N) is 5. The number of pyridine rings is 2. The number of carbonyl (C=O) groups is 2. The molecule has 0 spiro atoms. The van der Waals surface area contributed by atoms with E-state index in [2.05, 4.69) is 27.9 Å². The Labute approximate surface area is 249 Å². The van der Waals surface area contributed by atoms with Crippen LogP contribution in [0, 0.1) is 24.7 Å². The van der Waals surface area contributed by atoms with Gasteiger partial charge in [0.05, 0.1) is 25.0 Å². The molecule has 8 rings (SSSR count). The number of likely N-dealkylation sites (tertiary alicyclic amines) is 1. The number of aryl methyl sites for hydroxylation is 1. The van der Waals surface area contributed by atoms with Gasteiger partial charge in [-0.3, -0.25) is 9.59 Å². The van der Waals surface area contributed by atoms with Crippen molar-refractivity contribution in [3.8, 4) is 23.0 Å². The van der Waals surface area contributed by atoms with Crippen LogP contribution in [0.25, 0.3) is 27.8 Å². The zero-order valence-corrected chi connectivity index (χ0v) is 24.6. The maximum atomic E-state index is 13.7. The number of methoxy groups -OCH3 is 1. The third-order valence-electron chi connectivity index (χ3n) is 9.98. The summed E-state index contributed by atoms with van der Waals surface area (Å²) in [4.78, 5) is 32.0. The van der Waals surface area contributed by atoms with E-state index in [0.29, 0.717) is 55.1 Å². The van der Waals surface area contributed by atoms with Crippen LogP contribution < -0.4 is 20.5 Å². The highest BCUT2D eigenvalue weighted by Gasteiger charge is 2.47. The molecule has 4 fully saturated rings. The molecule has 2 saturated carbocycles. The van der Waals surface area contributed by atoms with Crippen LogP contribution in [0.3, 0.4) is 0 Å². The molecule has 2 aliphatic heterocycles. The zero-order chi connectivity index (χ0) is 29.4. The van der Waals surface area contributed by atoms with Crippen molar-refractivity contribution in [2.24, 2.45) is 23.5 Å². The van der Waals surface area contributed by atoms with Gasteiger partial charge in [0.25, 0.3) is 5.91 Å². The van der Waals surface area contributed by atoms with Crippen LogP contribution in [0.2, 0.25) is 0 Å². The average molecular weight is 584 g/mol. The molecule has 43 heavy (non-hydrogen) atoms. The molecule has 3 unspecified atom stereocenters. The molecule has 2 aliphatic carbocycles. The highest BCUT2D eigenvalue weighted by Crippen LogP contribution is 2.41. The molecular formula is C32H37N7O4. The van der Waals surface area contributed by atoms with Gasteiger partial charge in [-0.1, -0.05) is 0 Å². The third kappa shape index (κ3) is 4.35. The minimum atomic E-state index is -0.0209. The molecule has 4 aliphatic rings. The second kappa shape index (κ2) is 9.97. The lowest BCUT2D eigenvalue weighted by Gasteiger charge is -2.27. The van der Waals surface area contributed by atoms with Crippen LogP contribution in [0.4, 0.5) is 0 Å². The monoisotopic (exact) mass is 583 g/mol. The number of hydrogen-bond acceptors (Lipinski definition) is 7. The smallest absolute Gasteiger partial charge is 0.255 e. The van der Waals surface area contributed by atoms with E-state index in [1.165, 1.54) is 12.8 Å². The van der Waals surface area contributed by atoms with Gasteiger partial charge in [-0.2, -0.15) is 5.10 Å². The molecule has 2 bridgehead atoms. The lowest BCUT2D eigenvalue weighted by Crippen LogP contribution is -2.41. The van der Waals surface area contributed by atoms with Crippen molar-refractivity contribution >= 4 is 28.2 Å². The standard InChI is InChI=1S/C32H37N7O4/c1-17-28(36-39-15-22(11-25(42-2)29(17)39)32(41)38-14-21-5-6-23(38)27(21)33)24-10-20-7-8-34-31(30(20)37(24)13-18-3-4-18)43-16-19-9-26(40)35-12-19/h7-8,10-11,15,18-19,21,23,27H,3-6,9,12-14,16,33H2,1-2H3,(H,35,40)/t19?,21?,23?,27-/m1/s1. The van der Waals surface area contributed by atoms with Gasteiger partial charge < -0.3 is 30.0 Å². The van der Waals surface area contributed by atoms with E-state index < -0.39 is 0 Å². The lowest BCUT2D eigenvalue weighted by molar-refractivity contribution is -0.119. The predicted octanol–water partition coefficient (Wildman–Crippen LogP) is 3.15. The Morgan fingerprint density at radius 1 is 1.16 bits per heavy atom. The number of rotatable bonds is 8. The summed E-state index contributed by atoms with van der Waals surface area (Å²) in [6, 6.07) is 6.16. The van der Waals surface area contributed by atoms with E-state index in [1.807, 2.05) is 23.2 Å². The van der Waals surface area contributed by atoms with E-state index in [9.17, 15) is 9.59 Å². The topological polar surface area (TPSA) is 129 Å². The van der Waals surface area contributed by atoms with Gasteiger partial charge in [-0.05, 0) is 62.6 Å². The molecule has 11 nitrogen and oxygen atoms in total. The third-order valence-corrected chi connectivity index (χ3v) is 9.98. The first kappa shape index (κ1) is 26.5. The summed E-state index contributed by atoms with van der Waals surface area (Å²) in [7, 11) is 1.64. The fourth-order valence-electron chi connectivity index (χ4n) is 7.46. The first-order valence-electron chi connectivity index (χ1n) is 15.4. The molecule has 0 aromatic carbocycles. The summed E-state index contributed by atoms with van der Waals surface area (Å²) in [6.45, 7) is 4.67. The molecule has 2 amide bonds. The molecular weight excluding hydrogens is 546 g/mol. The average Bonchev–Trinajstić information content (AvgIpc) is 3.26. The Kier molecular flexibility index (Phi) is 6.15. The Morgan fingerprint density at radius 2 is 2.02 bits per heavy atom. The normalized spacial score (nSPS) is 24.8. The number of nitrogens with one attached hydrogen (secondary N) is 1. The van der Waals surface area contributed by atoms with Gasteiger partial charge >= 0.3 is 0 Å². The second-order valence-electron chi connectivity index (χ2n) is 12.8. The summed E-state index contributed by atoms with van der Waals surface area (Å²) in [5.74, 6) is 2.35. The lowest BCUT2D eigenvalue weighted by atomic mass is 10.1. The molecule has 3 N–H and O–H groups in total. The first-order valence-corrected chi connectivity index (χ1v) is 15.4. The van der Waals surface area contributed by atoms with Crippen LogP contribution >= 0.6 is 0 Å². The van der Waals surface area contributed by atoms with Crippen molar-refractivity contribution in [1.29, 1.82) is 0 Å². The Balaban J connectivity index is 1.20. The molecule has 4 aromatic heterocycles. The summed E-state index contributed by atoms with van der Waals surface area (Å²) in [5, 5.41) is 8.98. The molecule has 224 valence electrons. The molecule has 4 aromatic rings. The number of amides is 2. The van der Waals surface area contributed by atoms with Crippen molar-refractivity contribution in [2.75, 3.05) is 26.8 Å². The van der Waals surface area contributed by atoms with E-state index >= 15 is 0 Å². The number of ether oxygens (including phenoxy) is 2. The van der Waals surface area contributed by atoms with Gasteiger partial charge in [-0.25, -0.2) is 9.50 Å². The molecule has 11 heteroatoms. The van der Waals surface area contributed by atoms with Gasteiger partial charge in [-0.15, -0.1) is 0 Å². The van der Waals surface area contributed by atoms with Crippen LogP contribution in [-0.4, -0.2) is 74.8 Å². The van der Waals surface area contributed by atoms with E-state index in [4.69, 9.17) is 20.3 Å². The number of piperidine rings is 1. The van der Waals surface area contributed by atoms with Crippen LogP contribution in [-0.2, 0) is 11.3 Å². The first-order chi connectivity index (χ1) is 20.9. The fraction of sp³-hybridized carbons (Fsp3) is 0.500. The number of nitrogens with two attached hydrogens (primary N) is 1. The van der Waals surface area contributed by atoms with E-state index in [-0.39, 0.29) is 29.8 Å². The van der Waals surface area contributed by atoms with Crippen LogP contribution in [0.1, 0.15) is 48.0 Å². The Morgan fingerprint density at radius 3 is 2.72 bits per heavy atom. The number of fused-ring (bicyclic) bond motifs is 4. The number of hydrogen-bond donors (Lipinski definition) is 2. The van der Waals surface area contributed by atoms with Crippen molar-refractivity contribution < 1.29 is 19.1 Å². The molecule has 4 atom stereocenters. The maximum Gasteiger partial charge on any atom is 0.255 e. The highest BCUT2D eigenvalue weighted by atomic mass is 16.5. The Bertz CT molecular complexity index is 1770. The second-order valence-corrected chi connectivity index (χ2v) is 12.8. The summed E-state index contributed by atoms with van der Waals surface area (Å²) in [5.41, 5.74) is 11.5. The number of aromatic nitrogens is 4. The zero-order valence-electron chi connectivity index (χ0n) is 24.6. The summed E-state index contributed by atoms with van der Waals surface area (Å²) >= 11 is 0. The number of carbonyl (C=O) groups excluding carboxylic acids is 2. The SMILES string of the molecule is COc1cc(C(=O)N2CC3CCC2[C@@H]3N)cn2nc(-c3cc4ccnc(OCC5CNC(=O)C5)c4n3CC3CC3)c(C)c12. The van der Waals surface area contributed by atoms with Crippen LogP contribution in [0.15, 0.2) is 30.6 Å². The van der Waals surface area contributed by atoms with Crippen LogP contribution in [0.5, 0.6) is 11.6 Å². The van der Waals surface area contributed by atoms with Gasteiger partial charge in [0, 0.05) is 67.4 Å². The molecule has 0 radical (unpaired) electrons. The van der Waals surface area contributed by atoms with Crippen molar-refractivity contribution in [3.05, 3.63) is 41.7 Å². The van der Waals surface area contributed by atoms with Crippen molar-refractivity contribution in [1.82, 2.24) is 29.4 Å². The van der Waals surface area contributed by atoms with Gasteiger partial charge in [0.1, 0.15) is 22.5 Å². The van der Waals surface area contributed by atoms with Gasteiger partial charge in [0.15, 0.2) is 0 Å². The van der Waals surface area contributed by atoms with Crippen molar-refractivity contribution in [3.63, 3.8) is 0 Å². The fourth-order valence-corrected chi connectivity index (χ4v) is 7.46. The quantitative estimate of drug-likeness (QED) is 0.326. The maximum absolute atomic E-state index is 13.7. The largest absolute Gasteiger partial charge is 0.494 e. The van der Waals surface area contributed by atoms with Crippen molar-refractivity contribution in [2.45, 2.75) is 57.7 Å². The highest BCUT2D eigenvalue weighted by molar-refractivity contribution is 5.96. The minimum absolute atomic E-state index is 0.0209. The predicted molar refractivity (Wildman–Crippen MR) is 160 cm³/mol. The molecule has 6 heterocycles. The van der Waals surface area contributed by atoms with E-state index in [0.717, 1.165) is 52.8 Å². The summed E-state index contributed by atoms with van der Waals surface area (Å²) < 4.78 is 16.2.